The maximum Gasteiger partial charge on any atom is 0.329 e. The number of carbonyl (C=O) groups is 10. The lowest BCUT2D eigenvalue weighted by atomic mass is 9.97. The molecule has 0 saturated carbocycles. The highest BCUT2D eigenvalue weighted by molar-refractivity contribution is 5.98. The molecular weight excluding hydrogens is 941 g/mol. The van der Waals surface area contributed by atoms with E-state index in [4.69, 9.17) is 10.5 Å². The van der Waals surface area contributed by atoms with Crippen LogP contribution in [0.5, 0.6) is 0 Å². The highest BCUT2D eigenvalue weighted by Gasteiger charge is 2.38. The van der Waals surface area contributed by atoms with Gasteiger partial charge >= 0.3 is 11.9 Å². The Balaban J connectivity index is 3.96. The second-order valence-electron chi connectivity index (χ2n) is 22.2. The van der Waals surface area contributed by atoms with Crippen molar-refractivity contribution in [1.29, 1.82) is 0 Å². The molecule has 1 rings (SSSR count). The lowest BCUT2D eigenvalue weighted by molar-refractivity contribution is -0.156. The number of hydrogen-bond acceptors (Lipinski definition) is 11. The van der Waals surface area contributed by atoms with Crippen LogP contribution in [-0.2, 0) is 52.7 Å². The highest BCUT2D eigenvalue weighted by Crippen LogP contribution is 2.20. The van der Waals surface area contributed by atoms with Crippen LogP contribution < -0.4 is 43.0 Å². The van der Waals surface area contributed by atoms with Crippen LogP contribution in [0.2, 0.25) is 0 Å². The summed E-state index contributed by atoms with van der Waals surface area (Å²) >= 11 is 0. The van der Waals surface area contributed by atoms with Gasteiger partial charge in [-0.15, -0.1) is 0 Å². The molecule has 9 atom stereocenters. The molecule has 1 unspecified atom stereocenters. The van der Waals surface area contributed by atoms with Gasteiger partial charge in [-0.1, -0.05) is 134 Å². The van der Waals surface area contributed by atoms with Crippen LogP contribution in [0, 0.1) is 35.5 Å². The average Bonchev–Trinajstić information content (AvgIpc) is 3.27. The minimum absolute atomic E-state index is 0.0459. The quantitative estimate of drug-likeness (QED) is 0.0479. The summed E-state index contributed by atoms with van der Waals surface area (Å²) in [6.45, 7) is 22.0. The molecule has 20 heteroatoms. The summed E-state index contributed by atoms with van der Waals surface area (Å²) in [5, 5.41) is 28.5. The molecule has 0 bridgehead atoms. The Hall–Kier alpha value is -5.30. The normalized spacial score (nSPS) is 24.4. The molecule has 1 aliphatic heterocycles. The van der Waals surface area contributed by atoms with Crippen molar-refractivity contribution in [3.63, 3.8) is 0 Å². The molecule has 1 heterocycles. The number of nitrogens with two attached hydrogens (primary N) is 1. The maximum atomic E-state index is 14.3. The van der Waals surface area contributed by atoms with E-state index in [0.717, 1.165) is 38.5 Å². The number of hydrogen-bond donors (Lipinski definition) is 9. The van der Waals surface area contributed by atoms with Gasteiger partial charge in [-0.05, 0) is 74.0 Å². The molecule has 8 amide bonds. The fraction of sp³-hybridized carbons (Fsp3) is 0.811. The van der Waals surface area contributed by atoms with Gasteiger partial charge in [0.2, 0.25) is 47.3 Å². The number of carboxylic acid groups (broad SMARTS) is 1. The van der Waals surface area contributed by atoms with Gasteiger partial charge in [0.25, 0.3) is 0 Å². The minimum atomic E-state index is -1.72. The lowest BCUT2D eigenvalue weighted by Crippen LogP contribution is -2.61. The number of carboxylic acids is 1. The molecule has 73 heavy (non-hydrogen) atoms. The Kier molecular flexibility index (Phi) is 30.8. The third-order valence-electron chi connectivity index (χ3n) is 12.9. The van der Waals surface area contributed by atoms with Gasteiger partial charge in [0.05, 0.1) is 12.8 Å². The predicted molar refractivity (Wildman–Crippen MR) is 278 cm³/mol. The molecule has 418 valence electrons. The molecule has 0 aromatic heterocycles. The zero-order chi connectivity index (χ0) is 55.5. The van der Waals surface area contributed by atoms with E-state index in [1.807, 2.05) is 34.6 Å². The van der Waals surface area contributed by atoms with E-state index < -0.39 is 132 Å². The van der Waals surface area contributed by atoms with Crippen molar-refractivity contribution < 1.29 is 57.8 Å². The standard InChI is InChI=1S/C53H94N8O12/c1-13-35(12)46-53(72)73-36(22-20-18-16-14-15-17-19-21-30(2)3)28-43(63)55-37(23-24-42(54)62)47(66)56-38(25-31(4)5)48(67)57-39(26-32(6)7)50(69)60-45(34(10)11)52(71)59-41(29-44(64)65)49(68)58-40(27-33(8)9)51(70)61-46/h30-41,45-46H,13-29H2,1-12H3,(H2,54,62)(H,55,63)(H,56,66)(H,57,67)(H,58,68)(H,59,71)(H,60,69)(H,61,70)(H,64,65)/t35-,36?,37-,38-,39+,40+,41-,45-,46-/m0/s1. The fourth-order valence-electron chi connectivity index (χ4n) is 8.55. The van der Waals surface area contributed by atoms with Gasteiger partial charge in [0, 0.05) is 6.42 Å². The summed E-state index contributed by atoms with van der Waals surface area (Å²) in [4.78, 5) is 137. The number of unbranched alkanes of at least 4 members (excludes halogenated alkanes) is 6. The van der Waals surface area contributed by atoms with E-state index in [9.17, 15) is 53.1 Å². The second-order valence-corrected chi connectivity index (χ2v) is 22.2. The number of ether oxygens (including phenoxy) is 1. The summed E-state index contributed by atoms with van der Waals surface area (Å²) in [6.07, 6.45) is 5.88. The molecule has 0 spiro atoms. The van der Waals surface area contributed by atoms with Crippen LogP contribution in [0.1, 0.15) is 192 Å². The van der Waals surface area contributed by atoms with Crippen molar-refractivity contribution in [2.45, 2.75) is 241 Å². The molecule has 0 aliphatic carbocycles. The first kappa shape index (κ1) is 65.7. The Morgan fingerprint density at radius 3 is 1.40 bits per heavy atom. The van der Waals surface area contributed by atoms with Crippen molar-refractivity contribution in [1.82, 2.24) is 37.2 Å². The number of nitrogens with one attached hydrogen (secondary N) is 7. The van der Waals surface area contributed by atoms with Gasteiger partial charge in [-0.2, -0.15) is 0 Å². The van der Waals surface area contributed by atoms with Gasteiger partial charge in [-0.25, -0.2) is 4.79 Å². The number of esters is 1. The average molecular weight is 1040 g/mol. The van der Waals surface area contributed by atoms with E-state index >= 15 is 0 Å². The van der Waals surface area contributed by atoms with Crippen LogP contribution in [0.4, 0.5) is 0 Å². The Morgan fingerprint density at radius 1 is 0.534 bits per heavy atom. The van der Waals surface area contributed by atoms with Crippen LogP contribution >= 0.6 is 0 Å². The molecule has 10 N–H and O–H groups in total. The zero-order valence-corrected chi connectivity index (χ0v) is 46.1. The molecule has 0 aromatic carbocycles. The molecular formula is C53H94N8O12. The molecule has 0 aromatic rings. The number of primary amides is 1. The zero-order valence-electron chi connectivity index (χ0n) is 46.1. The summed E-state index contributed by atoms with van der Waals surface area (Å²) in [6, 6.07) is -9.49. The number of aliphatic carboxylic acids is 1. The van der Waals surface area contributed by atoms with Crippen LogP contribution in [0.25, 0.3) is 0 Å². The molecule has 20 nitrogen and oxygen atoms in total. The monoisotopic (exact) mass is 1030 g/mol. The molecule has 0 radical (unpaired) electrons. The summed E-state index contributed by atoms with van der Waals surface area (Å²) in [5.74, 6) is -9.76. The number of amides is 8. The summed E-state index contributed by atoms with van der Waals surface area (Å²) in [5.41, 5.74) is 5.49. The molecule has 1 saturated heterocycles. The number of carbonyl (C=O) groups excluding carboxylic acids is 9. The maximum absolute atomic E-state index is 14.3. The van der Waals surface area contributed by atoms with Crippen LogP contribution in [0.15, 0.2) is 0 Å². The lowest BCUT2D eigenvalue weighted by Gasteiger charge is -2.30. The van der Waals surface area contributed by atoms with Crippen LogP contribution in [0.3, 0.4) is 0 Å². The third kappa shape index (κ3) is 27.0. The van der Waals surface area contributed by atoms with Crippen molar-refractivity contribution in [2.24, 2.45) is 41.2 Å². The fourth-order valence-corrected chi connectivity index (χ4v) is 8.55. The minimum Gasteiger partial charge on any atom is -0.481 e. The van der Waals surface area contributed by atoms with Crippen molar-refractivity contribution in [3.8, 4) is 0 Å². The Labute approximate surface area is 434 Å². The first-order valence-electron chi connectivity index (χ1n) is 27.0. The Morgan fingerprint density at radius 2 is 0.959 bits per heavy atom. The van der Waals surface area contributed by atoms with Gasteiger partial charge < -0.3 is 52.8 Å². The van der Waals surface area contributed by atoms with E-state index in [2.05, 4.69) is 51.1 Å². The second kappa shape index (κ2) is 34.2. The predicted octanol–water partition coefficient (Wildman–Crippen LogP) is 4.44. The first-order valence-corrected chi connectivity index (χ1v) is 27.0. The van der Waals surface area contributed by atoms with Crippen molar-refractivity contribution >= 4 is 59.2 Å². The van der Waals surface area contributed by atoms with E-state index in [1.54, 1.807) is 34.6 Å². The van der Waals surface area contributed by atoms with E-state index in [1.165, 1.54) is 6.42 Å². The Bertz CT molecular complexity index is 1810. The number of cyclic esters (lactones) is 1. The first-order chi connectivity index (χ1) is 34.1. The molecule has 1 fully saturated rings. The van der Waals surface area contributed by atoms with E-state index in [0.29, 0.717) is 18.8 Å². The van der Waals surface area contributed by atoms with Crippen LogP contribution in [-0.4, -0.2) is 113 Å². The third-order valence-corrected chi connectivity index (χ3v) is 12.9. The van der Waals surface area contributed by atoms with Gasteiger partial charge in [0.15, 0.2) is 0 Å². The van der Waals surface area contributed by atoms with Gasteiger partial charge in [0.1, 0.15) is 48.4 Å². The topological polar surface area (TPSA) is 310 Å². The largest absolute Gasteiger partial charge is 0.481 e. The summed E-state index contributed by atoms with van der Waals surface area (Å²) < 4.78 is 6.08. The number of rotatable bonds is 24. The smallest absolute Gasteiger partial charge is 0.329 e. The SMILES string of the molecule is CC[C@H](C)[C@@H]1NC(=O)[C@@H](CC(C)C)NC(=O)[C@H](CC(=O)O)NC(=O)[C@H](C(C)C)NC(=O)[C@@H](CC(C)C)NC(=O)[C@H](CC(C)C)NC(=O)[C@H](CCC(N)=O)NC(=O)CC(CCCCCCCCCC(C)C)OC1=O. The van der Waals surface area contributed by atoms with Crippen molar-refractivity contribution in [3.05, 3.63) is 0 Å². The molecule has 1 aliphatic rings. The van der Waals surface area contributed by atoms with Crippen molar-refractivity contribution in [2.75, 3.05) is 0 Å². The highest BCUT2D eigenvalue weighted by atomic mass is 16.5. The summed E-state index contributed by atoms with van der Waals surface area (Å²) in [7, 11) is 0. The van der Waals surface area contributed by atoms with Gasteiger partial charge in [-0.3, -0.25) is 43.2 Å². The van der Waals surface area contributed by atoms with E-state index in [-0.39, 0.29) is 56.3 Å².